The summed E-state index contributed by atoms with van der Waals surface area (Å²) in [5.41, 5.74) is 1.05. The Labute approximate surface area is 126 Å². The molecule has 22 heavy (non-hydrogen) atoms. The molecule has 6 nitrogen and oxygen atoms in total. The first kappa shape index (κ1) is 14.1. The van der Waals surface area contributed by atoms with Crippen molar-refractivity contribution in [3.8, 4) is 0 Å². The maximum absolute atomic E-state index is 12.3. The molecule has 0 radical (unpaired) electrons. The number of amides is 1. The van der Waals surface area contributed by atoms with E-state index in [1.54, 1.807) is 24.5 Å². The smallest absolute Gasteiger partial charge is 0.256 e. The summed E-state index contributed by atoms with van der Waals surface area (Å²) in [5.74, 6) is 0.377. The number of furan rings is 1. The monoisotopic (exact) mass is 297 g/mol. The fourth-order valence-electron chi connectivity index (χ4n) is 2.22. The lowest BCUT2D eigenvalue weighted by atomic mass is 10.2. The molecule has 0 fully saturated rings. The van der Waals surface area contributed by atoms with Gasteiger partial charge in [0.15, 0.2) is 0 Å². The molecule has 2 N–H and O–H groups in total. The number of hydrogen-bond acceptors (Lipinski definition) is 4. The van der Waals surface area contributed by atoms with Crippen molar-refractivity contribution >= 4 is 16.9 Å². The maximum Gasteiger partial charge on any atom is 0.256 e. The molecule has 0 aliphatic carbocycles. The van der Waals surface area contributed by atoms with Gasteiger partial charge in [0.05, 0.1) is 11.6 Å². The Balaban J connectivity index is 1.77. The van der Waals surface area contributed by atoms with Crippen molar-refractivity contribution in [1.29, 1.82) is 0 Å². The molecule has 0 bridgehead atoms. The van der Waals surface area contributed by atoms with Crippen LogP contribution in [-0.2, 0) is 6.42 Å². The second kappa shape index (κ2) is 5.85. The second-order valence-electron chi connectivity index (χ2n) is 4.97. The third kappa shape index (κ3) is 2.76. The number of aromatic amines is 1. The van der Waals surface area contributed by atoms with Crippen LogP contribution in [0.1, 0.15) is 21.8 Å². The first-order chi connectivity index (χ1) is 10.6. The maximum atomic E-state index is 12.3. The molecule has 3 aromatic heterocycles. The fourth-order valence-corrected chi connectivity index (χ4v) is 2.22. The number of fused-ring (bicyclic) bond motifs is 1. The van der Waals surface area contributed by atoms with Crippen molar-refractivity contribution in [2.75, 3.05) is 6.54 Å². The van der Waals surface area contributed by atoms with Gasteiger partial charge in [0.1, 0.15) is 17.0 Å². The summed E-state index contributed by atoms with van der Waals surface area (Å²) in [6.45, 7) is 2.24. The Morgan fingerprint density at radius 1 is 1.36 bits per heavy atom. The van der Waals surface area contributed by atoms with Crippen LogP contribution in [0.4, 0.5) is 0 Å². The number of carbonyl (C=O) groups excluding carboxylic acids is 1. The Hall–Kier alpha value is -2.89. The van der Waals surface area contributed by atoms with E-state index in [1.165, 1.54) is 6.20 Å². The predicted molar refractivity (Wildman–Crippen MR) is 81.8 cm³/mol. The Morgan fingerprint density at radius 3 is 3.00 bits per heavy atom. The summed E-state index contributed by atoms with van der Waals surface area (Å²) in [5, 5.41) is 3.12. The SMILES string of the molecule is Cc1ccc2c(=O)c(C(=O)NCCc3ccco3)c[nH]c2n1. The molecule has 112 valence electrons. The molecule has 0 aliphatic heterocycles. The summed E-state index contributed by atoms with van der Waals surface area (Å²) >= 11 is 0. The van der Waals surface area contributed by atoms with E-state index in [0.29, 0.717) is 24.0 Å². The van der Waals surface area contributed by atoms with Gasteiger partial charge < -0.3 is 14.7 Å². The zero-order valence-electron chi connectivity index (χ0n) is 12.1. The summed E-state index contributed by atoms with van der Waals surface area (Å²) in [7, 11) is 0. The molecule has 0 spiro atoms. The van der Waals surface area contributed by atoms with Crippen LogP contribution in [-0.4, -0.2) is 22.4 Å². The molecule has 0 aromatic carbocycles. The Morgan fingerprint density at radius 2 is 2.23 bits per heavy atom. The second-order valence-corrected chi connectivity index (χ2v) is 4.97. The van der Waals surface area contributed by atoms with Gasteiger partial charge in [-0.2, -0.15) is 0 Å². The van der Waals surface area contributed by atoms with Crippen LogP contribution in [0.25, 0.3) is 11.0 Å². The largest absolute Gasteiger partial charge is 0.469 e. The van der Waals surface area contributed by atoms with Gasteiger partial charge in [-0.3, -0.25) is 9.59 Å². The molecular weight excluding hydrogens is 282 g/mol. The van der Waals surface area contributed by atoms with Crippen LogP contribution in [0.15, 0.2) is 45.9 Å². The first-order valence-electron chi connectivity index (χ1n) is 6.95. The Bertz CT molecular complexity index is 866. The van der Waals surface area contributed by atoms with Crippen molar-refractivity contribution in [3.63, 3.8) is 0 Å². The zero-order valence-corrected chi connectivity index (χ0v) is 12.1. The van der Waals surface area contributed by atoms with E-state index in [-0.39, 0.29) is 11.0 Å². The van der Waals surface area contributed by atoms with Crippen molar-refractivity contribution in [3.05, 3.63) is 64.0 Å². The van der Waals surface area contributed by atoms with Crippen molar-refractivity contribution in [2.45, 2.75) is 13.3 Å². The van der Waals surface area contributed by atoms with Crippen molar-refractivity contribution in [2.24, 2.45) is 0 Å². The van der Waals surface area contributed by atoms with E-state index >= 15 is 0 Å². The summed E-state index contributed by atoms with van der Waals surface area (Å²) < 4.78 is 5.19. The summed E-state index contributed by atoms with van der Waals surface area (Å²) in [6, 6.07) is 7.05. The molecule has 0 atom stereocenters. The number of H-pyrrole nitrogens is 1. The first-order valence-corrected chi connectivity index (χ1v) is 6.95. The van der Waals surface area contributed by atoms with Gasteiger partial charge in [-0.15, -0.1) is 0 Å². The molecule has 3 heterocycles. The van der Waals surface area contributed by atoms with Crippen LogP contribution in [0, 0.1) is 6.92 Å². The van der Waals surface area contributed by atoms with Gasteiger partial charge in [0.25, 0.3) is 5.91 Å². The van der Waals surface area contributed by atoms with Crippen LogP contribution in [0.5, 0.6) is 0 Å². The lowest BCUT2D eigenvalue weighted by Crippen LogP contribution is -2.30. The number of nitrogens with one attached hydrogen (secondary N) is 2. The summed E-state index contributed by atoms with van der Waals surface area (Å²) in [4.78, 5) is 31.6. The molecule has 0 saturated carbocycles. The Kier molecular flexibility index (Phi) is 3.74. The van der Waals surface area contributed by atoms with Crippen molar-refractivity contribution < 1.29 is 9.21 Å². The van der Waals surface area contributed by atoms with Gasteiger partial charge in [-0.1, -0.05) is 0 Å². The molecule has 6 heteroatoms. The lowest BCUT2D eigenvalue weighted by Gasteiger charge is -2.05. The van der Waals surface area contributed by atoms with Crippen LogP contribution in [0.2, 0.25) is 0 Å². The number of pyridine rings is 2. The molecular formula is C16H15N3O3. The highest BCUT2D eigenvalue weighted by Gasteiger charge is 2.13. The number of nitrogens with zero attached hydrogens (tertiary/aromatic N) is 1. The molecule has 3 rings (SSSR count). The molecule has 3 aromatic rings. The molecule has 0 aliphatic rings. The van der Waals surface area contributed by atoms with E-state index in [1.807, 2.05) is 13.0 Å². The number of aromatic nitrogens is 2. The van der Waals surface area contributed by atoms with Crippen LogP contribution < -0.4 is 10.7 Å². The normalized spacial score (nSPS) is 10.8. The highest BCUT2D eigenvalue weighted by atomic mass is 16.3. The molecule has 0 unspecified atom stereocenters. The predicted octanol–water partition coefficient (Wildman–Crippen LogP) is 1.80. The van der Waals surface area contributed by atoms with E-state index < -0.39 is 5.91 Å². The van der Waals surface area contributed by atoms with E-state index in [2.05, 4.69) is 15.3 Å². The van der Waals surface area contributed by atoms with E-state index in [4.69, 9.17) is 4.42 Å². The van der Waals surface area contributed by atoms with Gasteiger partial charge >= 0.3 is 0 Å². The molecule has 1 amide bonds. The third-order valence-corrected chi connectivity index (χ3v) is 3.36. The standard InChI is InChI=1S/C16H15N3O3/c1-10-4-5-12-14(20)13(9-18-15(12)19-10)16(21)17-7-6-11-3-2-8-22-11/h2-5,8-9H,6-7H2,1H3,(H,17,21)(H,18,19,20). The average Bonchev–Trinajstić information content (AvgIpc) is 3.00. The number of carbonyl (C=O) groups is 1. The minimum Gasteiger partial charge on any atom is -0.469 e. The van der Waals surface area contributed by atoms with Gasteiger partial charge in [-0.05, 0) is 31.2 Å². The third-order valence-electron chi connectivity index (χ3n) is 3.36. The summed E-state index contributed by atoms with van der Waals surface area (Å²) in [6.07, 6.45) is 3.56. The zero-order chi connectivity index (χ0) is 15.5. The van der Waals surface area contributed by atoms with Crippen LogP contribution in [0.3, 0.4) is 0 Å². The lowest BCUT2D eigenvalue weighted by molar-refractivity contribution is 0.0952. The van der Waals surface area contributed by atoms with Gasteiger partial charge in [-0.25, -0.2) is 4.98 Å². The number of hydrogen-bond donors (Lipinski definition) is 2. The fraction of sp³-hybridized carbons (Fsp3) is 0.188. The highest BCUT2D eigenvalue weighted by Crippen LogP contribution is 2.06. The average molecular weight is 297 g/mol. The van der Waals surface area contributed by atoms with Crippen LogP contribution >= 0.6 is 0 Å². The topological polar surface area (TPSA) is 88.0 Å². The van der Waals surface area contributed by atoms with Gasteiger partial charge in [0, 0.05) is 24.9 Å². The van der Waals surface area contributed by atoms with E-state index in [9.17, 15) is 9.59 Å². The van der Waals surface area contributed by atoms with E-state index in [0.717, 1.165) is 11.5 Å². The quantitative estimate of drug-likeness (QED) is 0.768. The minimum atomic E-state index is -0.407. The minimum absolute atomic E-state index is 0.0811. The highest BCUT2D eigenvalue weighted by molar-refractivity contribution is 5.96. The van der Waals surface area contributed by atoms with Crippen molar-refractivity contribution in [1.82, 2.24) is 15.3 Å². The van der Waals surface area contributed by atoms with Gasteiger partial charge in [0.2, 0.25) is 5.43 Å². The number of rotatable bonds is 4. The number of aryl methyl sites for hydroxylation is 1. The molecule has 0 saturated heterocycles.